The fourth-order valence-corrected chi connectivity index (χ4v) is 2.63. The van der Waals surface area contributed by atoms with E-state index in [1.54, 1.807) is 4.90 Å². The first-order valence-corrected chi connectivity index (χ1v) is 7.09. The number of nitrogens with zero attached hydrogens (tertiary/aromatic N) is 3. The molecule has 1 saturated heterocycles. The van der Waals surface area contributed by atoms with Gasteiger partial charge in [-0.3, -0.25) is 14.9 Å². The van der Waals surface area contributed by atoms with Crippen LogP contribution in [-0.2, 0) is 9.59 Å². The van der Waals surface area contributed by atoms with Crippen LogP contribution in [0.25, 0.3) is 0 Å². The van der Waals surface area contributed by atoms with Crippen molar-refractivity contribution in [3.05, 3.63) is 35.7 Å². The summed E-state index contributed by atoms with van der Waals surface area (Å²) in [6.45, 7) is 4.37. The lowest BCUT2D eigenvalue weighted by atomic mass is 10.1. The Morgan fingerprint density at radius 3 is 2.95 bits per heavy atom. The van der Waals surface area contributed by atoms with Crippen LogP contribution in [0, 0.1) is 19.8 Å². The summed E-state index contributed by atoms with van der Waals surface area (Å²) < 4.78 is 0. The third-order valence-corrected chi connectivity index (χ3v) is 4.02. The van der Waals surface area contributed by atoms with Gasteiger partial charge in [-0.25, -0.2) is 5.10 Å². The Bertz CT molecular complexity index is 711. The number of rotatable bonds is 3. The molecule has 22 heavy (non-hydrogen) atoms. The summed E-state index contributed by atoms with van der Waals surface area (Å²) in [6, 6.07) is 5.84. The number of aromatic nitrogens is 3. The van der Waals surface area contributed by atoms with Crippen molar-refractivity contribution in [1.29, 1.82) is 0 Å². The second-order valence-electron chi connectivity index (χ2n) is 5.45. The molecular weight excluding hydrogens is 282 g/mol. The van der Waals surface area contributed by atoms with Crippen molar-refractivity contribution >= 4 is 23.5 Å². The van der Waals surface area contributed by atoms with Gasteiger partial charge >= 0.3 is 0 Å². The molecule has 3 rings (SSSR count). The number of hydrogen-bond donors (Lipinski definition) is 2. The van der Waals surface area contributed by atoms with Crippen LogP contribution in [0.4, 0.5) is 11.6 Å². The van der Waals surface area contributed by atoms with Gasteiger partial charge in [0.15, 0.2) is 0 Å². The van der Waals surface area contributed by atoms with Gasteiger partial charge in [0.25, 0.3) is 0 Å². The van der Waals surface area contributed by atoms with Crippen LogP contribution in [0.5, 0.6) is 0 Å². The molecule has 1 aromatic heterocycles. The van der Waals surface area contributed by atoms with E-state index in [1.165, 1.54) is 6.33 Å². The number of carbonyl (C=O) groups is 2. The molecule has 2 aromatic rings. The normalized spacial score (nSPS) is 17.8. The van der Waals surface area contributed by atoms with E-state index in [4.69, 9.17) is 0 Å². The fourth-order valence-electron chi connectivity index (χ4n) is 2.63. The molecule has 1 atom stereocenters. The molecular formula is C15H17N5O2. The molecule has 1 aliphatic rings. The quantitative estimate of drug-likeness (QED) is 0.896. The second kappa shape index (κ2) is 5.59. The molecule has 2 amide bonds. The predicted octanol–water partition coefficient (Wildman–Crippen LogP) is 1.41. The third kappa shape index (κ3) is 2.57. The summed E-state index contributed by atoms with van der Waals surface area (Å²) in [7, 11) is 0. The zero-order chi connectivity index (χ0) is 15.7. The minimum atomic E-state index is -0.391. The Morgan fingerprint density at radius 2 is 2.23 bits per heavy atom. The summed E-state index contributed by atoms with van der Waals surface area (Å²) in [6.07, 6.45) is 1.52. The van der Waals surface area contributed by atoms with Crippen molar-refractivity contribution in [2.24, 2.45) is 5.92 Å². The van der Waals surface area contributed by atoms with Gasteiger partial charge < -0.3 is 4.90 Å². The molecule has 1 aliphatic heterocycles. The Labute approximate surface area is 127 Å². The van der Waals surface area contributed by atoms with E-state index in [-0.39, 0.29) is 18.2 Å². The number of aromatic amines is 1. The highest BCUT2D eigenvalue weighted by molar-refractivity contribution is 6.03. The second-order valence-corrected chi connectivity index (χ2v) is 5.45. The molecule has 0 bridgehead atoms. The van der Waals surface area contributed by atoms with Crippen molar-refractivity contribution in [2.75, 3.05) is 16.8 Å². The van der Waals surface area contributed by atoms with Crippen LogP contribution in [0.1, 0.15) is 17.5 Å². The van der Waals surface area contributed by atoms with Gasteiger partial charge in [0.2, 0.25) is 17.8 Å². The maximum Gasteiger partial charge on any atom is 0.232 e. The molecule has 1 unspecified atom stereocenters. The largest absolute Gasteiger partial charge is 0.311 e. The van der Waals surface area contributed by atoms with Gasteiger partial charge in [-0.05, 0) is 31.0 Å². The van der Waals surface area contributed by atoms with Crippen LogP contribution in [-0.4, -0.2) is 33.5 Å². The molecule has 0 spiro atoms. The molecule has 1 aromatic carbocycles. The van der Waals surface area contributed by atoms with Crippen molar-refractivity contribution in [2.45, 2.75) is 20.3 Å². The molecule has 0 saturated carbocycles. The van der Waals surface area contributed by atoms with Gasteiger partial charge in [-0.15, -0.1) is 0 Å². The van der Waals surface area contributed by atoms with Crippen LogP contribution in [0.15, 0.2) is 24.5 Å². The number of carbonyl (C=O) groups excluding carboxylic acids is 2. The van der Waals surface area contributed by atoms with E-state index in [2.05, 4.69) is 20.5 Å². The van der Waals surface area contributed by atoms with Crippen LogP contribution < -0.4 is 10.2 Å². The first-order valence-electron chi connectivity index (χ1n) is 7.09. The minimum Gasteiger partial charge on any atom is -0.311 e. The SMILES string of the molecule is Cc1cccc(N2CC(C(=O)Nc3ncn[nH]3)CC2=O)c1C. The Kier molecular flexibility index (Phi) is 3.62. The number of aryl methyl sites for hydroxylation is 1. The van der Waals surface area contributed by atoms with Crippen LogP contribution in [0.2, 0.25) is 0 Å². The van der Waals surface area contributed by atoms with Crippen molar-refractivity contribution in [1.82, 2.24) is 15.2 Å². The standard InChI is InChI=1S/C15H17N5O2/c1-9-4-3-5-12(10(9)2)20-7-11(6-13(20)21)14(22)18-15-16-8-17-19-15/h3-5,8,11H,6-7H2,1-2H3,(H2,16,17,18,19,22). The van der Waals surface area contributed by atoms with Gasteiger partial charge in [0.1, 0.15) is 6.33 Å². The van der Waals surface area contributed by atoms with E-state index in [0.717, 1.165) is 16.8 Å². The van der Waals surface area contributed by atoms with Crippen molar-refractivity contribution in [3.8, 4) is 0 Å². The summed E-state index contributed by atoms with van der Waals surface area (Å²) in [5.74, 6) is -0.357. The summed E-state index contributed by atoms with van der Waals surface area (Å²) >= 11 is 0. The topological polar surface area (TPSA) is 91.0 Å². The minimum absolute atomic E-state index is 0.0357. The van der Waals surface area contributed by atoms with Gasteiger partial charge in [-0.2, -0.15) is 10.1 Å². The molecule has 2 heterocycles. The Balaban J connectivity index is 1.75. The van der Waals surface area contributed by atoms with Gasteiger partial charge in [0, 0.05) is 18.7 Å². The molecule has 2 N–H and O–H groups in total. The molecule has 1 fully saturated rings. The number of nitrogens with one attached hydrogen (secondary N) is 2. The van der Waals surface area contributed by atoms with Gasteiger partial charge in [0.05, 0.1) is 5.92 Å². The predicted molar refractivity (Wildman–Crippen MR) is 81.4 cm³/mol. The van der Waals surface area contributed by atoms with Gasteiger partial charge in [-0.1, -0.05) is 12.1 Å². The third-order valence-electron chi connectivity index (χ3n) is 4.02. The van der Waals surface area contributed by atoms with Crippen molar-refractivity contribution < 1.29 is 9.59 Å². The molecule has 7 nitrogen and oxygen atoms in total. The highest BCUT2D eigenvalue weighted by Gasteiger charge is 2.36. The first-order chi connectivity index (χ1) is 10.6. The lowest BCUT2D eigenvalue weighted by Crippen LogP contribution is -2.29. The zero-order valence-electron chi connectivity index (χ0n) is 12.5. The monoisotopic (exact) mass is 299 g/mol. The lowest BCUT2D eigenvalue weighted by molar-refractivity contribution is -0.122. The first kappa shape index (κ1) is 14.2. The highest BCUT2D eigenvalue weighted by atomic mass is 16.2. The highest BCUT2D eigenvalue weighted by Crippen LogP contribution is 2.29. The number of amides is 2. The van der Waals surface area contributed by atoms with E-state index < -0.39 is 5.92 Å². The van der Waals surface area contributed by atoms with E-state index in [0.29, 0.717) is 12.5 Å². The van der Waals surface area contributed by atoms with Crippen LogP contribution in [0.3, 0.4) is 0 Å². The smallest absolute Gasteiger partial charge is 0.232 e. The van der Waals surface area contributed by atoms with Crippen LogP contribution >= 0.6 is 0 Å². The molecule has 7 heteroatoms. The number of H-pyrrole nitrogens is 1. The summed E-state index contributed by atoms with van der Waals surface area (Å²) in [5.41, 5.74) is 3.06. The maximum atomic E-state index is 12.3. The Hall–Kier alpha value is -2.70. The fraction of sp³-hybridized carbons (Fsp3) is 0.333. The summed E-state index contributed by atoms with van der Waals surface area (Å²) in [5, 5.41) is 8.88. The van der Waals surface area contributed by atoms with E-state index >= 15 is 0 Å². The average molecular weight is 299 g/mol. The molecule has 114 valence electrons. The average Bonchev–Trinajstić information content (AvgIpc) is 3.12. The number of hydrogen-bond acceptors (Lipinski definition) is 4. The van der Waals surface area contributed by atoms with E-state index in [1.807, 2.05) is 32.0 Å². The lowest BCUT2D eigenvalue weighted by Gasteiger charge is -2.20. The summed E-state index contributed by atoms with van der Waals surface area (Å²) in [4.78, 5) is 30.0. The Morgan fingerprint density at radius 1 is 1.41 bits per heavy atom. The zero-order valence-corrected chi connectivity index (χ0v) is 12.5. The molecule has 0 aliphatic carbocycles. The maximum absolute atomic E-state index is 12.3. The number of anilines is 2. The number of benzene rings is 1. The van der Waals surface area contributed by atoms with E-state index in [9.17, 15) is 9.59 Å². The molecule has 0 radical (unpaired) electrons. The van der Waals surface area contributed by atoms with Crippen molar-refractivity contribution in [3.63, 3.8) is 0 Å².